The van der Waals surface area contributed by atoms with E-state index in [0.717, 1.165) is 34.5 Å². The van der Waals surface area contributed by atoms with Gasteiger partial charge in [-0.25, -0.2) is 0 Å². The lowest BCUT2D eigenvalue weighted by molar-refractivity contribution is -0.139. The van der Waals surface area contributed by atoms with E-state index >= 15 is 0 Å². The third-order valence-corrected chi connectivity index (χ3v) is 12.3. The van der Waals surface area contributed by atoms with Crippen LogP contribution in [0.25, 0.3) is 0 Å². The molecule has 7 heteroatoms. The zero-order chi connectivity index (χ0) is 23.8. The summed E-state index contributed by atoms with van der Waals surface area (Å²) in [4.78, 5) is 29.2. The number of amides is 2. The van der Waals surface area contributed by atoms with Crippen LogP contribution >= 0.6 is 45.2 Å². The maximum absolute atomic E-state index is 12.9. The monoisotopic (exact) mass is 660 g/mol. The molecule has 0 radical (unpaired) electrons. The molecule has 0 aliphatic heterocycles. The molecule has 0 aromatic carbocycles. The number of halogens is 2. The van der Waals surface area contributed by atoms with Crippen molar-refractivity contribution in [2.45, 2.75) is 53.4 Å². The Morgan fingerprint density at radius 2 is 1.10 bits per heavy atom. The maximum atomic E-state index is 12.9. The highest BCUT2D eigenvalue weighted by Crippen LogP contribution is 2.60. The Kier molecular flexibility index (Phi) is 8.83. The van der Waals surface area contributed by atoms with Gasteiger partial charge in [0.15, 0.2) is 0 Å². The van der Waals surface area contributed by atoms with Crippen LogP contribution in [0.5, 0.6) is 0 Å². The summed E-state index contributed by atoms with van der Waals surface area (Å²) in [5.41, 5.74) is -0.221. The van der Waals surface area contributed by atoms with Crippen LogP contribution in [0.15, 0.2) is 0 Å². The van der Waals surface area contributed by atoms with Crippen molar-refractivity contribution < 1.29 is 14.3 Å². The molecule has 2 fully saturated rings. The number of hydrogen-bond acceptors (Lipinski definition) is 3. The minimum absolute atomic E-state index is 0.0287. The number of hydrogen-bond donors (Lipinski definition) is 0. The van der Waals surface area contributed by atoms with Crippen molar-refractivity contribution in [2.24, 2.45) is 33.5 Å². The lowest BCUT2D eigenvalue weighted by Crippen LogP contribution is -2.48. The van der Waals surface area contributed by atoms with Gasteiger partial charge >= 0.3 is 0 Å². The van der Waals surface area contributed by atoms with E-state index in [0.29, 0.717) is 13.2 Å². The molecule has 6 atom stereocenters. The van der Waals surface area contributed by atoms with Gasteiger partial charge in [0.2, 0.25) is 11.8 Å². The van der Waals surface area contributed by atoms with Crippen LogP contribution in [0.4, 0.5) is 0 Å². The quantitative estimate of drug-likeness (QED) is 0.275. The SMILES string of the molecule is CN(C)C(=O)[C@H]1CC[C@@](C)(COC[C@]2(C)CC[C@H](C(=O)N(C)C)[C@@]2(C)CI)[C@]1(C)CI. The molecule has 2 aliphatic carbocycles. The van der Waals surface area contributed by atoms with Gasteiger partial charge in [-0.1, -0.05) is 72.9 Å². The lowest BCUT2D eigenvalue weighted by atomic mass is 9.65. The fourth-order valence-corrected chi connectivity index (χ4v) is 8.78. The van der Waals surface area contributed by atoms with Gasteiger partial charge in [-0.05, 0) is 47.3 Å². The van der Waals surface area contributed by atoms with Crippen molar-refractivity contribution in [1.82, 2.24) is 9.80 Å². The van der Waals surface area contributed by atoms with Gasteiger partial charge in [0, 0.05) is 48.9 Å². The van der Waals surface area contributed by atoms with E-state index in [1.807, 2.05) is 28.2 Å². The first-order valence-corrected chi connectivity index (χ1v) is 14.4. The molecule has 0 aromatic rings. The van der Waals surface area contributed by atoms with Crippen molar-refractivity contribution >= 4 is 57.0 Å². The van der Waals surface area contributed by atoms with E-state index in [9.17, 15) is 9.59 Å². The number of carbonyl (C=O) groups excluding carboxylic acids is 2. The second kappa shape index (κ2) is 9.92. The number of carbonyl (C=O) groups is 2. The zero-order valence-electron chi connectivity index (χ0n) is 20.7. The first-order valence-electron chi connectivity index (χ1n) is 11.3. The Labute approximate surface area is 217 Å². The second-order valence-corrected chi connectivity index (χ2v) is 12.9. The topological polar surface area (TPSA) is 49.9 Å². The summed E-state index contributed by atoms with van der Waals surface area (Å²) in [6.45, 7) is 10.5. The molecule has 0 spiro atoms. The summed E-state index contributed by atoms with van der Waals surface area (Å²) >= 11 is 4.91. The van der Waals surface area contributed by atoms with Gasteiger partial charge in [0.05, 0.1) is 13.2 Å². The Morgan fingerprint density at radius 1 is 0.774 bits per heavy atom. The average molecular weight is 660 g/mol. The van der Waals surface area contributed by atoms with Crippen LogP contribution in [-0.2, 0) is 14.3 Å². The number of nitrogens with zero attached hydrogens (tertiary/aromatic N) is 2. The fourth-order valence-electron chi connectivity index (χ4n) is 5.88. The van der Waals surface area contributed by atoms with Crippen molar-refractivity contribution in [3.8, 4) is 0 Å². The van der Waals surface area contributed by atoms with Crippen molar-refractivity contribution in [3.05, 3.63) is 0 Å². The normalized spacial score (nSPS) is 40.2. The molecule has 0 unspecified atom stereocenters. The molecular formula is C24H42I2N2O3. The van der Waals surface area contributed by atoms with Crippen LogP contribution < -0.4 is 0 Å². The Morgan fingerprint density at radius 3 is 1.35 bits per heavy atom. The van der Waals surface area contributed by atoms with Crippen LogP contribution in [0.2, 0.25) is 0 Å². The predicted molar refractivity (Wildman–Crippen MR) is 144 cm³/mol. The Bertz CT molecular complexity index is 632. The average Bonchev–Trinajstić information content (AvgIpc) is 3.12. The maximum Gasteiger partial charge on any atom is 0.225 e. The molecule has 0 N–H and O–H groups in total. The van der Waals surface area contributed by atoms with E-state index in [1.54, 1.807) is 9.80 Å². The second-order valence-electron chi connectivity index (χ2n) is 11.4. The van der Waals surface area contributed by atoms with E-state index in [1.165, 1.54) is 0 Å². The van der Waals surface area contributed by atoms with E-state index < -0.39 is 0 Å². The minimum Gasteiger partial charge on any atom is -0.380 e. The van der Waals surface area contributed by atoms with Gasteiger partial charge in [-0.3, -0.25) is 9.59 Å². The smallest absolute Gasteiger partial charge is 0.225 e. The fraction of sp³-hybridized carbons (Fsp3) is 0.917. The summed E-state index contributed by atoms with van der Waals surface area (Å²) in [5, 5.41) is 0. The molecule has 2 aliphatic rings. The Balaban J connectivity index is 2.14. The van der Waals surface area contributed by atoms with E-state index in [2.05, 4.69) is 72.9 Å². The number of rotatable bonds is 8. The van der Waals surface area contributed by atoms with Crippen LogP contribution in [0.1, 0.15) is 53.4 Å². The lowest BCUT2D eigenvalue weighted by Gasteiger charge is -2.46. The molecule has 2 saturated carbocycles. The van der Waals surface area contributed by atoms with E-state index in [-0.39, 0.29) is 45.3 Å². The minimum atomic E-state index is -0.0819. The molecule has 0 heterocycles. The highest BCUT2D eigenvalue weighted by molar-refractivity contribution is 14.1. The van der Waals surface area contributed by atoms with Gasteiger partial charge in [-0.15, -0.1) is 0 Å². The third-order valence-electron chi connectivity index (χ3n) is 9.14. The van der Waals surface area contributed by atoms with Crippen LogP contribution in [0, 0.1) is 33.5 Å². The van der Waals surface area contributed by atoms with Crippen LogP contribution in [0.3, 0.4) is 0 Å². The summed E-state index contributed by atoms with van der Waals surface area (Å²) in [5.74, 6) is 0.592. The van der Waals surface area contributed by atoms with Gasteiger partial charge in [-0.2, -0.15) is 0 Å². The van der Waals surface area contributed by atoms with Crippen molar-refractivity contribution in [1.29, 1.82) is 0 Å². The van der Waals surface area contributed by atoms with E-state index in [4.69, 9.17) is 4.74 Å². The molecule has 2 rings (SSSR count). The predicted octanol–water partition coefficient (Wildman–Crippen LogP) is 4.89. The number of ether oxygens (including phenoxy) is 1. The molecule has 2 amide bonds. The first kappa shape index (κ1) is 27.6. The zero-order valence-corrected chi connectivity index (χ0v) is 25.0. The highest BCUT2D eigenvalue weighted by Gasteiger charge is 2.59. The molecule has 0 bridgehead atoms. The molecule has 31 heavy (non-hydrogen) atoms. The molecule has 180 valence electrons. The molecule has 0 aromatic heterocycles. The summed E-state index contributed by atoms with van der Waals surface area (Å²) in [7, 11) is 7.44. The summed E-state index contributed by atoms with van der Waals surface area (Å²) in [6, 6.07) is 0. The van der Waals surface area contributed by atoms with Gasteiger partial charge < -0.3 is 14.5 Å². The standard InChI is InChI=1S/C24H42I2N2O3/c1-21(11-9-17(19(29)27(5)6)23(21,3)13-25)15-31-16-22(2)12-10-18(20(30)28(7)8)24(22,4)14-26/h17-18H,9-16H2,1-8H3/t17-,18-,21+,22+,23-,24-/m1/s1. The number of alkyl halides is 2. The summed E-state index contributed by atoms with van der Waals surface area (Å²) in [6.07, 6.45) is 3.88. The van der Waals surface area contributed by atoms with Crippen LogP contribution in [-0.4, -0.2) is 71.9 Å². The van der Waals surface area contributed by atoms with Gasteiger partial charge in [0.1, 0.15) is 0 Å². The molecule has 0 saturated heterocycles. The summed E-state index contributed by atoms with van der Waals surface area (Å²) < 4.78 is 8.41. The highest BCUT2D eigenvalue weighted by atomic mass is 127. The van der Waals surface area contributed by atoms with Gasteiger partial charge in [0.25, 0.3) is 0 Å². The van der Waals surface area contributed by atoms with Crippen molar-refractivity contribution in [2.75, 3.05) is 50.3 Å². The molecule has 5 nitrogen and oxygen atoms in total. The molecular weight excluding hydrogens is 618 g/mol. The Hall–Kier alpha value is 0.360. The largest absolute Gasteiger partial charge is 0.380 e. The third kappa shape index (κ3) is 4.66. The van der Waals surface area contributed by atoms with Crippen molar-refractivity contribution in [3.63, 3.8) is 0 Å². The first-order chi connectivity index (χ1) is 14.2.